The Morgan fingerprint density at radius 2 is 2.15 bits per heavy atom. The summed E-state index contributed by atoms with van der Waals surface area (Å²) in [6, 6.07) is 6.17. The molecule has 0 radical (unpaired) electrons. The second kappa shape index (κ2) is 3.64. The summed E-state index contributed by atoms with van der Waals surface area (Å²) in [4.78, 5) is 4.04. The molecule has 0 saturated carbocycles. The monoisotopic (exact) mass is 255 g/mol. The third kappa shape index (κ3) is 1.69. The van der Waals surface area contributed by atoms with Gasteiger partial charge in [-0.15, -0.1) is 0 Å². The van der Waals surface area contributed by atoms with Crippen molar-refractivity contribution in [1.29, 1.82) is 0 Å². The van der Waals surface area contributed by atoms with Crippen LogP contribution in [-0.2, 0) is 5.33 Å². The summed E-state index contributed by atoms with van der Waals surface area (Å²) in [6.45, 7) is 0. The van der Waals surface area contributed by atoms with Crippen LogP contribution < -0.4 is 0 Å². The molecule has 0 aliphatic heterocycles. The van der Waals surface area contributed by atoms with Gasteiger partial charge in [-0.3, -0.25) is 4.98 Å². The number of alkyl halides is 1. The highest BCUT2D eigenvalue weighted by Crippen LogP contribution is 2.23. The van der Waals surface area contributed by atoms with Gasteiger partial charge in [-0.1, -0.05) is 39.7 Å². The molecule has 0 amide bonds. The van der Waals surface area contributed by atoms with Crippen LogP contribution >= 0.6 is 27.5 Å². The molecule has 1 aromatic heterocycles. The van der Waals surface area contributed by atoms with Crippen molar-refractivity contribution in [2.45, 2.75) is 5.33 Å². The Kier molecular flexibility index (Phi) is 2.51. The normalized spacial score (nSPS) is 10.6. The SMILES string of the molecule is Clc1cncc2cc(CBr)ccc12. The third-order valence-electron chi connectivity index (χ3n) is 1.93. The minimum Gasteiger partial charge on any atom is -0.263 e. The maximum atomic E-state index is 5.98. The van der Waals surface area contributed by atoms with Crippen LogP contribution in [0.5, 0.6) is 0 Å². The zero-order valence-electron chi connectivity index (χ0n) is 6.80. The molecule has 0 bridgehead atoms. The van der Waals surface area contributed by atoms with Crippen LogP contribution in [0.3, 0.4) is 0 Å². The fraction of sp³-hybridized carbons (Fsp3) is 0.100. The molecule has 2 rings (SSSR count). The molecule has 0 aliphatic carbocycles. The molecule has 0 saturated heterocycles. The summed E-state index contributed by atoms with van der Waals surface area (Å²) in [6.07, 6.45) is 3.49. The van der Waals surface area contributed by atoms with E-state index >= 15 is 0 Å². The summed E-state index contributed by atoms with van der Waals surface area (Å²) in [5, 5.41) is 3.71. The van der Waals surface area contributed by atoms with Gasteiger partial charge in [0.15, 0.2) is 0 Å². The third-order valence-corrected chi connectivity index (χ3v) is 2.88. The predicted molar refractivity (Wildman–Crippen MR) is 59.4 cm³/mol. The zero-order chi connectivity index (χ0) is 9.26. The quantitative estimate of drug-likeness (QED) is 0.708. The van der Waals surface area contributed by atoms with Crippen LogP contribution in [0.4, 0.5) is 0 Å². The molecule has 3 heteroatoms. The number of aromatic nitrogens is 1. The molecule has 0 atom stereocenters. The van der Waals surface area contributed by atoms with Crippen LogP contribution in [0.25, 0.3) is 10.8 Å². The maximum absolute atomic E-state index is 5.98. The maximum Gasteiger partial charge on any atom is 0.0667 e. The Labute approximate surface area is 89.9 Å². The molecule has 1 heterocycles. The van der Waals surface area contributed by atoms with Gasteiger partial charge in [0.25, 0.3) is 0 Å². The van der Waals surface area contributed by atoms with Gasteiger partial charge in [0.05, 0.1) is 5.02 Å². The highest BCUT2D eigenvalue weighted by atomic mass is 79.9. The second-order valence-electron chi connectivity index (χ2n) is 2.81. The Morgan fingerprint density at radius 1 is 1.31 bits per heavy atom. The molecule has 2 aromatic rings. The summed E-state index contributed by atoms with van der Waals surface area (Å²) < 4.78 is 0. The fourth-order valence-corrected chi connectivity index (χ4v) is 1.85. The average molecular weight is 257 g/mol. The first-order valence-corrected chi connectivity index (χ1v) is 5.39. The molecule has 0 fully saturated rings. The highest BCUT2D eigenvalue weighted by molar-refractivity contribution is 9.08. The number of benzene rings is 1. The summed E-state index contributed by atoms with van der Waals surface area (Å²) in [5.41, 5.74) is 1.23. The van der Waals surface area contributed by atoms with Crippen molar-refractivity contribution in [3.63, 3.8) is 0 Å². The molecular formula is C10H7BrClN. The van der Waals surface area contributed by atoms with Gasteiger partial charge in [-0.2, -0.15) is 0 Å². The number of fused-ring (bicyclic) bond motifs is 1. The van der Waals surface area contributed by atoms with Crippen molar-refractivity contribution < 1.29 is 0 Å². The van der Waals surface area contributed by atoms with Gasteiger partial charge in [-0.05, 0) is 11.6 Å². The Hall–Kier alpha value is -0.600. The lowest BCUT2D eigenvalue weighted by molar-refractivity contribution is 1.35. The number of rotatable bonds is 1. The van der Waals surface area contributed by atoms with E-state index in [4.69, 9.17) is 11.6 Å². The van der Waals surface area contributed by atoms with Gasteiger partial charge in [0.2, 0.25) is 0 Å². The molecule has 0 unspecified atom stereocenters. The fourth-order valence-electron chi connectivity index (χ4n) is 1.27. The lowest BCUT2D eigenvalue weighted by Crippen LogP contribution is -1.81. The minimum atomic E-state index is 0.707. The molecule has 0 aliphatic rings. The molecular weight excluding hydrogens is 249 g/mol. The van der Waals surface area contributed by atoms with Crippen molar-refractivity contribution in [3.05, 3.63) is 41.2 Å². The van der Waals surface area contributed by atoms with Crippen LogP contribution in [0.15, 0.2) is 30.6 Å². The molecule has 1 aromatic carbocycles. The van der Waals surface area contributed by atoms with Gasteiger partial charge < -0.3 is 0 Å². The Bertz CT molecular complexity index is 442. The van der Waals surface area contributed by atoms with Gasteiger partial charge >= 0.3 is 0 Å². The van der Waals surface area contributed by atoms with Crippen LogP contribution in [0.2, 0.25) is 5.02 Å². The van der Waals surface area contributed by atoms with E-state index in [2.05, 4.69) is 33.0 Å². The molecule has 66 valence electrons. The lowest BCUT2D eigenvalue weighted by Gasteiger charge is -2.01. The number of pyridine rings is 1. The second-order valence-corrected chi connectivity index (χ2v) is 3.78. The van der Waals surface area contributed by atoms with E-state index in [1.165, 1.54) is 5.56 Å². The predicted octanol–water partition coefficient (Wildman–Crippen LogP) is 3.78. The summed E-state index contributed by atoms with van der Waals surface area (Å²) in [5.74, 6) is 0. The van der Waals surface area contributed by atoms with Crippen molar-refractivity contribution in [1.82, 2.24) is 4.98 Å². The number of hydrogen-bond acceptors (Lipinski definition) is 1. The van der Waals surface area contributed by atoms with E-state index in [1.807, 2.05) is 12.3 Å². The van der Waals surface area contributed by atoms with Crippen molar-refractivity contribution in [2.24, 2.45) is 0 Å². The van der Waals surface area contributed by atoms with Gasteiger partial charge in [-0.25, -0.2) is 0 Å². The first kappa shape index (κ1) is 8.97. The summed E-state index contributed by atoms with van der Waals surface area (Å²) in [7, 11) is 0. The highest BCUT2D eigenvalue weighted by Gasteiger charge is 1.99. The van der Waals surface area contributed by atoms with Crippen LogP contribution in [0, 0.1) is 0 Å². The first-order valence-electron chi connectivity index (χ1n) is 3.89. The van der Waals surface area contributed by atoms with Crippen molar-refractivity contribution in [3.8, 4) is 0 Å². The molecule has 0 spiro atoms. The standard InChI is InChI=1S/C10H7BrClN/c11-4-7-1-2-9-8(3-7)5-13-6-10(9)12/h1-3,5-6H,4H2. The van der Waals surface area contributed by atoms with E-state index in [9.17, 15) is 0 Å². The zero-order valence-corrected chi connectivity index (χ0v) is 9.14. The molecule has 0 N–H and O–H groups in total. The van der Waals surface area contributed by atoms with Gasteiger partial charge in [0, 0.05) is 28.5 Å². The number of halogens is 2. The largest absolute Gasteiger partial charge is 0.263 e. The molecule has 1 nitrogen and oxygen atoms in total. The topological polar surface area (TPSA) is 12.9 Å². The van der Waals surface area contributed by atoms with Crippen molar-refractivity contribution >= 4 is 38.3 Å². The Morgan fingerprint density at radius 3 is 2.92 bits per heavy atom. The van der Waals surface area contributed by atoms with Gasteiger partial charge in [0.1, 0.15) is 0 Å². The summed E-state index contributed by atoms with van der Waals surface area (Å²) >= 11 is 9.39. The lowest BCUT2D eigenvalue weighted by atomic mass is 10.1. The average Bonchev–Trinajstić information content (AvgIpc) is 2.18. The smallest absolute Gasteiger partial charge is 0.0667 e. The van der Waals surface area contributed by atoms with Crippen molar-refractivity contribution in [2.75, 3.05) is 0 Å². The van der Waals surface area contributed by atoms with E-state index in [-0.39, 0.29) is 0 Å². The number of hydrogen-bond donors (Lipinski definition) is 0. The first-order chi connectivity index (χ1) is 6.31. The van der Waals surface area contributed by atoms with E-state index in [0.717, 1.165) is 16.1 Å². The minimum absolute atomic E-state index is 0.707. The molecule has 13 heavy (non-hydrogen) atoms. The van der Waals surface area contributed by atoms with E-state index in [0.29, 0.717) is 5.02 Å². The Balaban J connectivity index is 2.72. The number of nitrogens with zero attached hydrogens (tertiary/aromatic N) is 1. The van der Waals surface area contributed by atoms with Crippen LogP contribution in [-0.4, -0.2) is 4.98 Å². The van der Waals surface area contributed by atoms with E-state index in [1.54, 1.807) is 6.20 Å². The van der Waals surface area contributed by atoms with E-state index < -0.39 is 0 Å². The van der Waals surface area contributed by atoms with Crippen LogP contribution in [0.1, 0.15) is 5.56 Å².